The van der Waals surface area contributed by atoms with Crippen LogP contribution in [-0.4, -0.2) is 43.9 Å². The molecule has 0 bridgehead atoms. The molecule has 1 aliphatic carbocycles. The van der Waals surface area contributed by atoms with Gasteiger partial charge in [0.05, 0.1) is 0 Å². The van der Waals surface area contributed by atoms with Gasteiger partial charge in [0, 0.05) is 29.1 Å². The van der Waals surface area contributed by atoms with E-state index in [4.69, 9.17) is 11.6 Å². The fourth-order valence-corrected chi connectivity index (χ4v) is 3.50. The molecule has 0 heterocycles. The lowest BCUT2D eigenvalue weighted by molar-refractivity contribution is -0.128. The molecule has 1 saturated carbocycles. The van der Waals surface area contributed by atoms with Gasteiger partial charge < -0.3 is 15.5 Å². The number of carbonyl (C=O) groups excluding carboxylic acids is 2. The molecule has 26 heavy (non-hydrogen) atoms. The highest BCUT2D eigenvalue weighted by Gasteiger charge is 2.30. The summed E-state index contributed by atoms with van der Waals surface area (Å²) < 4.78 is 0. The first kappa shape index (κ1) is 20.7. The fraction of sp³-hybridized carbons (Fsp3) is 0.600. The van der Waals surface area contributed by atoms with E-state index in [0.29, 0.717) is 11.6 Å². The third kappa shape index (κ3) is 6.29. The van der Waals surface area contributed by atoms with Crippen molar-refractivity contribution in [3.63, 3.8) is 0 Å². The Morgan fingerprint density at radius 2 is 1.73 bits per heavy atom. The Bertz CT molecular complexity index is 625. The van der Waals surface area contributed by atoms with Crippen LogP contribution >= 0.6 is 11.6 Å². The van der Waals surface area contributed by atoms with Crippen LogP contribution in [0.4, 0.5) is 5.69 Å². The van der Waals surface area contributed by atoms with Crippen molar-refractivity contribution < 1.29 is 9.59 Å². The van der Waals surface area contributed by atoms with E-state index in [9.17, 15) is 9.59 Å². The summed E-state index contributed by atoms with van der Waals surface area (Å²) in [6.45, 7) is 3.63. The molecular weight excluding hydrogens is 350 g/mol. The van der Waals surface area contributed by atoms with Gasteiger partial charge in [-0.25, -0.2) is 0 Å². The van der Waals surface area contributed by atoms with E-state index in [1.54, 1.807) is 6.07 Å². The average molecular weight is 380 g/mol. The van der Waals surface area contributed by atoms with Gasteiger partial charge in [-0.3, -0.25) is 9.59 Å². The van der Waals surface area contributed by atoms with Crippen molar-refractivity contribution in [1.29, 1.82) is 0 Å². The maximum absolute atomic E-state index is 12.5. The van der Waals surface area contributed by atoms with E-state index < -0.39 is 0 Å². The van der Waals surface area contributed by atoms with Gasteiger partial charge in [0.15, 0.2) is 0 Å². The lowest BCUT2D eigenvalue weighted by Crippen LogP contribution is -2.36. The van der Waals surface area contributed by atoms with Crippen LogP contribution in [0.3, 0.4) is 0 Å². The summed E-state index contributed by atoms with van der Waals surface area (Å²) in [6, 6.07) is 5.49. The van der Waals surface area contributed by atoms with Crippen molar-refractivity contribution in [2.75, 3.05) is 32.5 Å². The van der Waals surface area contributed by atoms with Crippen LogP contribution in [0.25, 0.3) is 0 Å². The maximum Gasteiger partial charge on any atom is 0.227 e. The van der Waals surface area contributed by atoms with Gasteiger partial charge in [0.2, 0.25) is 11.8 Å². The van der Waals surface area contributed by atoms with Crippen LogP contribution in [0.5, 0.6) is 0 Å². The Hall–Kier alpha value is -1.59. The normalized spacial score (nSPS) is 20.0. The largest absolute Gasteiger partial charge is 0.356 e. The molecule has 1 aromatic rings. The van der Waals surface area contributed by atoms with Crippen molar-refractivity contribution in [2.24, 2.45) is 11.8 Å². The molecule has 1 aromatic carbocycles. The van der Waals surface area contributed by atoms with E-state index in [1.807, 2.05) is 33.2 Å². The smallest absolute Gasteiger partial charge is 0.227 e. The van der Waals surface area contributed by atoms with Crippen LogP contribution < -0.4 is 10.6 Å². The number of anilines is 1. The molecule has 0 spiro atoms. The standard InChI is InChI=1S/C20H30ClN3O2/c1-14-5-10-17(21)13-18(14)23-20(26)16-8-6-15(7-9-16)19(25)22-11-4-12-24(2)3/h5,10,13,15-16H,4,6-9,11-12H2,1-3H3,(H,22,25)(H,23,26). The minimum atomic E-state index is -0.0360. The highest BCUT2D eigenvalue weighted by Crippen LogP contribution is 2.30. The molecule has 5 nitrogen and oxygen atoms in total. The summed E-state index contributed by atoms with van der Waals surface area (Å²) in [5.74, 6) is 0.158. The first-order valence-corrected chi connectivity index (χ1v) is 9.74. The second-order valence-electron chi connectivity index (χ2n) is 7.44. The predicted octanol–water partition coefficient (Wildman–Crippen LogP) is 3.46. The lowest BCUT2D eigenvalue weighted by atomic mass is 9.81. The minimum Gasteiger partial charge on any atom is -0.356 e. The second-order valence-corrected chi connectivity index (χ2v) is 7.88. The molecule has 144 valence electrons. The van der Waals surface area contributed by atoms with Gasteiger partial charge in [0.25, 0.3) is 0 Å². The topological polar surface area (TPSA) is 61.4 Å². The molecule has 2 N–H and O–H groups in total. The van der Waals surface area contributed by atoms with E-state index in [0.717, 1.165) is 49.9 Å². The van der Waals surface area contributed by atoms with Crippen LogP contribution in [0.1, 0.15) is 37.7 Å². The van der Waals surface area contributed by atoms with Crippen molar-refractivity contribution in [3.8, 4) is 0 Å². The summed E-state index contributed by atoms with van der Waals surface area (Å²) in [6.07, 6.45) is 4.00. The third-order valence-electron chi connectivity index (χ3n) is 5.01. The Morgan fingerprint density at radius 1 is 1.12 bits per heavy atom. The van der Waals surface area contributed by atoms with E-state index in [-0.39, 0.29) is 23.7 Å². The highest BCUT2D eigenvalue weighted by molar-refractivity contribution is 6.31. The first-order valence-electron chi connectivity index (χ1n) is 9.36. The molecule has 2 amide bonds. The lowest BCUT2D eigenvalue weighted by Gasteiger charge is -2.27. The number of carbonyl (C=O) groups is 2. The molecule has 0 unspecified atom stereocenters. The Morgan fingerprint density at radius 3 is 2.35 bits per heavy atom. The molecule has 6 heteroatoms. The quantitative estimate of drug-likeness (QED) is 0.713. The van der Waals surface area contributed by atoms with Gasteiger partial charge in [0.1, 0.15) is 0 Å². The number of nitrogens with zero attached hydrogens (tertiary/aromatic N) is 1. The molecule has 0 radical (unpaired) electrons. The molecule has 0 aromatic heterocycles. The fourth-order valence-electron chi connectivity index (χ4n) is 3.33. The predicted molar refractivity (Wildman–Crippen MR) is 106 cm³/mol. The summed E-state index contributed by atoms with van der Waals surface area (Å²) in [5.41, 5.74) is 1.76. The molecule has 0 aliphatic heterocycles. The SMILES string of the molecule is Cc1ccc(Cl)cc1NC(=O)C1CCC(C(=O)NCCCN(C)C)CC1. The van der Waals surface area contributed by atoms with Crippen molar-refractivity contribution in [3.05, 3.63) is 28.8 Å². The summed E-state index contributed by atoms with van der Waals surface area (Å²) in [5, 5.41) is 6.62. The maximum atomic E-state index is 12.5. The zero-order chi connectivity index (χ0) is 19.1. The van der Waals surface area contributed by atoms with Crippen molar-refractivity contribution in [2.45, 2.75) is 39.0 Å². The van der Waals surface area contributed by atoms with Gasteiger partial charge in [-0.1, -0.05) is 17.7 Å². The number of amides is 2. The van der Waals surface area contributed by atoms with Crippen molar-refractivity contribution in [1.82, 2.24) is 10.2 Å². The van der Waals surface area contributed by atoms with Crippen molar-refractivity contribution >= 4 is 29.1 Å². The number of halogens is 1. The monoisotopic (exact) mass is 379 g/mol. The zero-order valence-electron chi connectivity index (χ0n) is 16.0. The Kier molecular flexibility index (Phi) is 7.91. The second kappa shape index (κ2) is 9.93. The van der Waals surface area contributed by atoms with E-state index >= 15 is 0 Å². The van der Waals surface area contributed by atoms with Gasteiger partial charge in [-0.2, -0.15) is 0 Å². The number of aryl methyl sites for hydroxylation is 1. The summed E-state index contributed by atoms with van der Waals surface area (Å²) in [4.78, 5) is 26.9. The number of hydrogen-bond donors (Lipinski definition) is 2. The van der Waals surface area contributed by atoms with Crippen LogP contribution in [-0.2, 0) is 9.59 Å². The molecule has 1 aliphatic rings. The summed E-state index contributed by atoms with van der Waals surface area (Å²) >= 11 is 6.01. The van der Waals surface area contributed by atoms with Crippen LogP contribution in [0.15, 0.2) is 18.2 Å². The highest BCUT2D eigenvalue weighted by atomic mass is 35.5. The molecule has 0 atom stereocenters. The Labute approximate surface area is 161 Å². The number of nitrogens with one attached hydrogen (secondary N) is 2. The van der Waals surface area contributed by atoms with Gasteiger partial charge >= 0.3 is 0 Å². The minimum absolute atomic E-state index is 0.0280. The number of benzene rings is 1. The van der Waals surface area contributed by atoms with Gasteiger partial charge in [-0.15, -0.1) is 0 Å². The van der Waals surface area contributed by atoms with Gasteiger partial charge in [-0.05, 0) is 77.4 Å². The summed E-state index contributed by atoms with van der Waals surface area (Å²) in [7, 11) is 4.05. The number of rotatable bonds is 7. The number of hydrogen-bond acceptors (Lipinski definition) is 3. The van der Waals surface area contributed by atoms with E-state index in [1.165, 1.54) is 0 Å². The first-order chi connectivity index (χ1) is 12.4. The van der Waals surface area contributed by atoms with Crippen LogP contribution in [0, 0.1) is 18.8 Å². The molecule has 2 rings (SSSR count). The zero-order valence-corrected chi connectivity index (χ0v) is 16.7. The Balaban J connectivity index is 1.76. The average Bonchev–Trinajstić information content (AvgIpc) is 2.61. The molecular formula is C20H30ClN3O2. The molecule has 1 fully saturated rings. The van der Waals surface area contributed by atoms with Crippen LogP contribution in [0.2, 0.25) is 5.02 Å². The molecule has 0 saturated heterocycles. The third-order valence-corrected chi connectivity index (χ3v) is 5.24. The van der Waals surface area contributed by atoms with E-state index in [2.05, 4.69) is 15.5 Å².